The van der Waals surface area contributed by atoms with Crippen molar-refractivity contribution >= 4 is 11.6 Å². The van der Waals surface area contributed by atoms with Gasteiger partial charge < -0.3 is 14.4 Å². The van der Waals surface area contributed by atoms with Gasteiger partial charge in [-0.05, 0) is 19.1 Å². The maximum Gasteiger partial charge on any atom is 0.151 e. The third kappa shape index (κ3) is 4.04. The van der Waals surface area contributed by atoms with Gasteiger partial charge in [-0.3, -0.25) is 0 Å². The molecule has 0 aliphatic heterocycles. The molecule has 3 aromatic rings. The Kier molecular flexibility index (Phi) is 5.33. The first kappa shape index (κ1) is 16.7. The minimum atomic E-state index is 0.296. The highest BCUT2D eigenvalue weighted by molar-refractivity contribution is 6.30. The molecular weight excluding hydrogens is 324 g/mol. The predicted molar refractivity (Wildman–Crippen MR) is 94.9 cm³/mol. The van der Waals surface area contributed by atoms with Crippen LogP contribution in [-0.2, 0) is 19.5 Å². The fraction of sp³-hybridized carbons (Fsp3) is 0.333. The van der Waals surface area contributed by atoms with Crippen LogP contribution >= 0.6 is 11.6 Å². The summed E-state index contributed by atoms with van der Waals surface area (Å²) in [7, 11) is 0. The molecule has 24 heavy (non-hydrogen) atoms. The summed E-state index contributed by atoms with van der Waals surface area (Å²) >= 11 is 6.02. The van der Waals surface area contributed by atoms with E-state index in [-0.39, 0.29) is 0 Å². The van der Waals surface area contributed by atoms with Gasteiger partial charge in [-0.25, -0.2) is 4.98 Å². The summed E-state index contributed by atoms with van der Waals surface area (Å²) in [6, 6.07) is 9.84. The summed E-state index contributed by atoms with van der Waals surface area (Å²) in [6.45, 7) is 5.76. The minimum absolute atomic E-state index is 0.296. The molecule has 0 spiro atoms. The van der Waals surface area contributed by atoms with Gasteiger partial charge in [0.1, 0.15) is 11.5 Å². The van der Waals surface area contributed by atoms with Crippen LogP contribution in [0.3, 0.4) is 0 Å². The molecule has 6 heteroatoms. The summed E-state index contributed by atoms with van der Waals surface area (Å²) < 4.78 is 7.59. The van der Waals surface area contributed by atoms with Crippen molar-refractivity contribution < 1.29 is 4.52 Å². The molecule has 1 atom stereocenters. The third-order valence-corrected chi connectivity index (χ3v) is 4.13. The highest BCUT2D eigenvalue weighted by Gasteiger charge is 2.10. The average molecular weight is 345 g/mol. The van der Waals surface area contributed by atoms with Crippen LogP contribution in [0.5, 0.6) is 0 Å². The van der Waals surface area contributed by atoms with Crippen LogP contribution in [0.25, 0.3) is 11.3 Å². The van der Waals surface area contributed by atoms with E-state index in [0.29, 0.717) is 17.6 Å². The quantitative estimate of drug-likeness (QED) is 0.705. The van der Waals surface area contributed by atoms with Crippen LogP contribution in [-0.4, -0.2) is 20.7 Å². The molecule has 1 N–H and O–H groups in total. The van der Waals surface area contributed by atoms with Gasteiger partial charge in [-0.1, -0.05) is 35.8 Å². The zero-order valence-corrected chi connectivity index (χ0v) is 14.6. The zero-order valence-electron chi connectivity index (χ0n) is 13.9. The first-order chi connectivity index (χ1) is 11.7. The van der Waals surface area contributed by atoms with Gasteiger partial charge in [0.25, 0.3) is 0 Å². The van der Waals surface area contributed by atoms with Crippen molar-refractivity contribution in [2.75, 3.05) is 0 Å². The Bertz CT molecular complexity index is 796. The predicted octanol–water partition coefficient (Wildman–Crippen LogP) is 3.93. The number of aromatic nitrogens is 3. The number of hydrogen-bond acceptors (Lipinski definition) is 4. The molecule has 0 saturated carbocycles. The lowest BCUT2D eigenvalue weighted by Gasteiger charge is -2.14. The molecule has 0 aliphatic carbocycles. The molecule has 0 bridgehead atoms. The summed E-state index contributed by atoms with van der Waals surface area (Å²) in [5, 5.41) is 8.27. The van der Waals surface area contributed by atoms with E-state index < -0.39 is 0 Å². The Hall–Kier alpha value is -2.11. The maximum absolute atomic E-state index is 6.02. The number of nitrogens with one attached hydrogen (secondary N) is 1. The molecule has 1 aromatic carbocycles. The summed E-state index contributed by atoms with van der Waals surface area (Å²) in [5.74, 6) is 1.91. The number of imidazole rings is 1. The second-order valence-electron chi connectivity index (χ2n) is 5.82. The SMILES string of the molecule is CCc1nccn1CC(C)NCc1cc(-c2cccc(Cl)c2)no1. The highest BCUT2D eigenvalue weighted by atomic mass is 35.5. The lowest BCUT2D eigenvalue weighted by atomic mass is 10.1. The number of halogens is 1. The molecule has 3 rings (SSSR count). The first-order valence-electron chi connectivity index (χ1n) is 8.10. The van der Waals surface area contributed by atoms with Gasteiger partial charge >= 0.3 is 0 Å². The smallest absolute Gasteiger partial charge is 0.151 e. The van der Waals surface area contributed by atoms with Gasteiger partial charge in [0.05, 0.1) is 6.54 Å². The van der Waals surface area contributed by atoms with Crippen molar-refractivity contribution in [3.05, 3.63) is 59.3 Å². The van der Waals surface area contributed by atoms with Gasteiger partial charge in [0, 0.05) is 48.1 Å². The van der Waals surface area contributed by atoms with Crippen LogP contribution in [0, 0.1) is 0 Å². The molecule has 0 aliphatic rings. The van der Waals surface area contributed by atoms with Gasteiger partial charge in [0.2, 0.25) is 0 Å². The van der Waals surface area contributed by atoms with E-state index in [0.717, 1.165) is 35.8 Å². The molecule has 5 nitrogen and oxygen atoms in total. The number of hydrogen-bond donors (Lipinski definition) is 1. The molecule has 0 radical (unpaired) electrons. The second-order valence-corrected chi connectivity index (χ2v) is 6.26. The Morgan fingerprint density at radius 1 is 1.33 bits per heavy atom. The standard InChI is InChI=1S/C18H21ClN4O/c1-3-18-20-7-8-23(18)12-13(2)21-11-16-10-17(22-24-16)14-5-4-6-15(19)9-14/h4-10,13,21H,3,11-12H2,1-2H3. The summed E-state index contributed by atoms with van der Waals surface area (Å²) in [5.41, 5.74) is 1.75. The number of aryl methyl sites for hydroxylation is 1. The molecule has 2 aromatic heterocycles. The second kappa shape index (κ2) is 7.64. The van der Waals surface area contributed by atoms with Crippen molar-refractivity contribution in [1.82, 2.24) is 20.0 Å². The van der Waals surface area contributed by atoms with E-state index in [9.17, 15) is 0 Å². The van der Waals surface area contributed by atoms with Crippen LogP contribution in [0.1, 0.15) is 25.4 Å². The van der Waals surface area contributed by atoms with E-state index in [1.165, 1.54) is 0 Å². The molecule has 126 valence electrons. The normalized spacial score (nSPS) is 12.5. The van der Waals surface area contributed by atoms with Crippen LogP contribution in [0.15, 0.2) is 47.2 Å². The van der Waals surface area contributed by atoms with E-state index >= 15 is 0 Å². The third-order valence-electron chi connectivity index (χ3n) is 3.89. The highest BCUT2D eigenvalue weighted by Crippen LogP contribution is 2.22. The average Bonchev–Trinajstić information content (AvgIpc) is 3.22. The van der Waals surface area contributed by atoms with Gasteiger partial charge in [-0.2, -0.15) is 0 Å². The number of benzene rings is 1. The fourth-order valence-electron chi connectivity index (χ4n) is 2.64. The molecule has 0 fully saturated rings. The molecule has 1 unspecified atom stereocenters. The van der Waals surface area contributed by atoms with E-state index in [4.69, 9.17) is 16.1 Å². The van der Waals surface area contributed by atoms with Crippen molar-refractivity contribution in [2.45, 2.75) is 39.4 Å². The van der Waals surface area contributed by atoms with E-state index in [1.807, 2.05) is 42.7 Å². The van der Waals surface area contributed by atoms with Crippen molar-refractivity contribution in [3.63, 3.8) is 0 Å². The monoisotopic (exact) mass is 344 g/mol. The Labute approximate surface area is 146 Å². The number of nitrogens with zero attached hydrogens (tertiary/aromatic N) is 3. The summed E-state index contributed by atoms with van der Waals surface area (Å²) in [4.78, 5) is 4.35. The van der Waals surface area contributed by atoms with Crippen molar-refractivity contribution in [1.29, 1.82) is 0 Å². The van der Waals surface area contributed by atoms with Gasteiger partial charge in [0.15, 0.2) is 5.76 Å². The Balaban J connectivity index is 1.57. The van der Waals surface area contributed by atoms with E-state index in [1.54, 1.807) is 0 Å². The van der Waals surface area contributed by atoms with Crippen molar-refractivity contribution in [3.8, 4) is 11.3 Å². The zero-order chi connectivity index (χ0) is 16.9. The van der Waals surface area contributed by atoms with Crippen molar-refractivity contribution in [2.24, 2.45) is 0 Å². The molecule has 0 amide bonds. The molecule has 0 saturated heterocycles. The summed E-state index contributed by atoms with van der Waals surface area (Å²) in [6.07, 6.45) is 4.80. The van der Waals surface area contributed by atoms with Crippen LogP contribution < -0.4 is 5.32 Å². The van der Waals surface area contributed by atoms with Gasteiger partial charge in [-0.15, -0.1) is 0 Å². The Morgan fingerprint density at radius 3 is 3.00 bits per heavy atom. The first-order valence-corrected chi connectivity index (χ1v) is 8.48. The molecule has 2 heterocycles. The number of rotatable bonds is 7. The molecular formula is C18H21ClN4O. The fourth-order valence-corrected chi connectivity index (χ4v) is 2.83. The minimum Gasteiger partial charge on any atom is -0.359 e. The topological polar surface area (TPSA) is 55.9 Å². The Morgan fingerprint density at radius 2 is 2.21 bits per heavy atom. The largest absolute Gasteiger partial charge is 0.359 e. The maximum atomic E-state index is 6.02. The van der Waals surface area contributed by atoms with E-state index in [2.05, 4.69) is 33.9 Å². The lowest BCUT2D eigenvalue weighted by molar-refractivity contribution is 0.359. The van der Waals surface area contributed by atoms with Crippen LogP contribution in [0.4, 0.5) is 0 Å². The van der Waals surface area contributed by atoms with Crippen LogP contribution in [0.2, 0.25) is 5.02 Å². The lowest BCUT2D eigenvalue weighted by Crippen LogP contribution is -2.30.